The van der Waals surface area contributed by atoms with E-state index in [2.05, 4.69) is 15.3 Å². The first-order valence-electron chi connectivity index (χ1n) is 4.58. The number of rotatable bonds is 5. The number of aromatic nitrogens is 2. The number of nitrogen functional groups attached to an aromatic ring is 1. The van der Waals surface area contributed by atoms with Crippen molar-refractivity contribution in [3.63, 3.8) is 0 Å². The molecule has 0 spiro atoms. The first-order valence-corrected chi connectivity index (χ1v) is 7.02. The number of anilines is 2. The van der Waals surface area contributed by atoms with Gasteiger partial charge in [0.25, 0.3) is 0 Å². The zero-order valence-corrected chi connectivity index (χ0v) is 10.3. The summed E-state index contributed by atoms with van der Waals surface area (Å²) in [6, 6.07) is 1.53. The molecule has 0 aliphatic rings. The lowest BCUT2D eigenvalue weighted by atomic mass is 10.4. The third-order valence-electron chi connectivity index (χ3n) is 1.71. The van der Waals surface area contributed by atoms with Gasteiger partial charge in [0.05, 0.1) is 5.75 Å². The number of nitrogens with zero attached hydrogens (tertiary/aromatic N) is 2. The van der Waals surface area contributed by atoms with Gasteiger partial charge in [0, 0.05) is 18.9 Å². The second kappa shape index (κ2) is 5.31. The van der Waals surface area contributed by atoms with Gasteiger partial charge in [-0.15, -0.1) is 0 Å². The van der Waals surface area contributed by atoms with Gasteiger partial charge in [-0.2, -0.15) is 4.98 Å². The van der Waals surface area contributed by atoms with Crippen LogP contribution in [0.2, 0.25) is 5.15 Å². The Labute approximate surface area is 99.1 Å². The van der Waals surface area contributed by atoms with Crippen LogP contribution < -0.4 is 11.1 Å². The van der Waals surface area contributed by atoms with E-state index in [9.17, 15) is 8.42 Å². The van der Waals surface area contributed by atoms with Gasteiger partial charge in [0.15, 0.2) is 0 Å². The molecule has 0 aliphatic carbocycles. The fourth-order valence-electron chi connectivity index (χ4n) is 1.08. The lowest BCUT2D eigenvalue weighted by molar-refractivity contribution is 0.600. The largest absolute Gasteiger partial charge is 0.370 e. The SMILES string of the molecule is CS(=O)(=O)CCCNc1cc(Cl)nc(N)n1. The number of nitrogens with one attached hydrogen (secondary N) is 1. The molecule has 0 radical (unpaired) electrons. The zero-order chi connectivity index (χ0) is 12.2. The summed E-state index contributed by atoms with van der Waals surface area (Å²) in [6.07, 6.45) is 1.70. The standard InChI is InChI=1S/C8H13ClN4O2S/c1-16(14,15)4-2-3-11-7-5-6(9)12-8(10)13-7/h5H,2-4H2,1H3,(H3,10,11,12,13). The Morgan fingerprint density at radius 1 is 1.50 bits per heavy atom. The lowest BCUT2D eigenvalue weighted by Gasteiger charge is -2.05. The number of nitrogens with two attached hydrogens (primary N) is 1. The second-order valence-electron chi connectivity index (χ2n) is 3.34. The van der Waals surface area contributed by atoms with Crippen LogP contribution in [0.4, 0.5) is 11.8 Å². The molecule has 1 heterocycles. The molecular weight excluding hydrogens is 252 g/mol. The van der Waals surface area contributed by atoms with E-state index in [-0.39, 0.29) is 16.9 Å². The highest BCUT2D eigenvalue weighted by molar-refractivity contribution is 7.90. The highest BCUT2D eigenvalue weighted by Crippen LogP contribution is 2.12. The Morgan fingerprint density at radius 2 is 2.19 bits per heavy atom. The van der Waals surface area contributed by atoms with Gasteiger partial charge in [0.1, 0.15) is 20.8 Å². The van der Waals surface area contributed by atoms with Crippen LogP contribution in [-0.2, 0) is 9.84 Å². The highest BCUT2D eigenvalue weighted by atomic mass is 35.5. The van der Waals surface area contributed by atoms with E-state index < -0.39 is 9.84 Å². The summed E-state index contributed by atoms with van der Waals surface area (Å²) in [5, 5.41) is 3.17. The number of hydrogen-bond donors (Lipinski definition) is 2. The third-order valence-corrected chi connectivity index (χ3v) is 2.93. The molecule has 0 saturated heterocycles. The van der Waals surface area contributed by atoms with Gasteiger partial charge in [-0.25, -0.2) is 13.4 Å². The van der Waals surface area contributed by atoms with Gasteiger partial charge >= 0.3 is 0 Å². The minimum atomic E-state index is -2.92. The van der Waals surface area contributed by atoms with Crippen LogP contribution in [0.1, 0.15) is 6.42 Å². The van der Waals surface area contributed by atoms with Crippen LogP contribution in [0.25, 0.3) is 0 Å². The van der Waals surface area contributed by atoms with E-state index in [1.807, 2.05) is 0 Å². The summed E-state index contributed by atoms with van der Waals surface area (Å²) < 4.78 is 21.7. The van der Waals surface area contributed by atoms with Crippen LogP contribution >= 0.6 is 11.6 Å². The summed E-state index contributed by atoms with van der Waals surface area (Å²) in [5.74, 6) is 0.706. The van der Waals surface area contributed by atoms with E-state index >= 15 is 0 Å². The molecule has 1 rings (SSSR count). The van der Waals surface area contributed by atoms with Crippen molar-refractivity contribution in [1.29, 1.82) is 0 Å². The van der Waals surface area contributed by atoms with Gasteiger partial charge in [-0.3, -0.25) is 0 Å². The van der Waals surface area contributed by atoms with Crippen molar-refractivity contribution < 1.29 is 8.42 Å². The van der Waals surface area contributed by atoms with Crippen molar-refractivity contribution in [3.05, 3.63) is 11.2 Å². The van der Waals surface area contributed by atoms with Gasteiger partial charge in [0.2, 0.25) is 5.95 Å². The van der Waals surface area contributed by atoms with Crippen molar-refractivity contribution in [1.82, 2.24) is 9.97 Å². The lowest BCUT2D eigenvalue weighted by Crippen LogP contribution is -2.11. The molecule has 0 aromatic carbocycles. The summed E-state index contributed by atoms with van der Waals surface area (Å²) in [4.78, 5) is 7.59. The molecule has 0 saturated carbocycles. The van der Waals surface area contributed by atoms with Crippen LogP contribution in [-0.4, -0.2) is 36.9 Å². The van der Waals surface area contributed by atoms with Gasteiger partial charge in [-0.05, 0) is 6.42 Å². The van der Waals surface area contributed by atoms with Crippen LogP contribution in [0.3, 0.4) is 0 Å². The Bertz CT molecular complexity index is 443. The summed E-state index contributed by atoms with van der Waals surface area (Å²) in [6.45, 7) is 0.486. The van der Waals surface area contributed by atoms with E-state index in [0.29, 0.717) is 18.8 Å². The molecular formula is C8H13ClN4O2S. The normalized spacial score (nSPS) is 11.4. The average molecular weight is 265 g/mol. The summed E-state index contributed by atoms with van der Waals surface area (Å²) in [7, 11) is -2.92. The molecule has 1 aromatic rings. The van der Waals surface area contributed by atoms with Crippen molar-refractivity contribution in [2.24, 2.45) is 0 Å². The fraction of sp³-hybridized carbons (Fsp3) is 0.500. The smallest absolute Gasteiger partial charge is 0.223 e. The molecule has 8 heteroatoms. The predicted octanol–water partition coefficient (Wildman–Crippen LogP) is 0.559. The molecule has 0 atom stereocenters. The van der Waals surface area contributed by atoms with Crippen molar-refractivity contribution in [2.75, 3.05) is 29.6 Å². The molecule has 0 unspecified atom stereocenters. The second-order valence-corrected chi connectivity index (χ2v) is 5.99. The van der Waals surface area contributed by atoms with Crippen LogP contribution in [0.5, 0.6) is 0 Å². The highest BCUT2D eigenvalue weighted by Gasteiger charge is 2.02. The number of halogens is 1. The maximum atomic E-state index is 10.9. The number of hydrogen-bond acceptors (Lipinski definition) is 6. The van der Waals surface area contributed by atoms with Gasteiger partial charge < -0.3 is 11.1 Å². The molecule has 0 amide bonds. The Kier molecular flexibility index (Phi) is 4.31. The van der Waals surface area contributed by atoms with E-state index in [1.165, 1.54) is 12.3 Å². The quantitative estimate of drug-likeness (QED) is 0.596. The zero-order valence-electron chi connectivity index (χ0n) is 8.77. The topological polar surface area (TPSA) is 98.0 Å². The van der Waals surface area contributed by atoms with Crippen LogP contribution in [0, 0.1) is 0 Å². The minimum Gasteiger partial charge on any atom is -0.370 e. The Morgan fingerprint density at radius 3 is 2.75 bits per heavy atom. The number of sulfone groups is 1. The van der Waals surface area contributed by atoms with E-state index in [0.717, 1.165) is 0 Å². The molecule has 0 aliphatic heterocycles. The fourth-order valence-corrected chi connectivity index (χ4v) is 1.94. The third kappa shape index (κ3) is 5.13. The summed E-state index contributed by atoms with van der Waals surface area (Å²) in [5.41, 5.74) is 5.39. The molecule has 0 bridgehead atoms. The molecule has 16 heavy (non-hydrogen) atoms. The van der Waals surface area contributed by atoms with Crippen molar-refractivity contribution >= 4 is 33.2 Å². The maximum absolute atomic E-state index is 10.9. The first kappa shape index (κ1) is 13.0. The molecule has 0 fully saturated rings. The Hall–Kier alpha value is -1.08. The predicted molar refractivity (Wildman–Crippen MR) is 64.3 cm³/mol. The van der Waals surface area contributed by atoms with Crippen molar-refractivity contribution in [3.8, 4) is 0 Å². The molecule has 1 aromatic heterocycles. The average Bonchev–Trinajstić information content (AvgIpc) is 2.09. The van der Waals surface area contributed by atoms with Gasteiger partial charge in [-0.1, -0.05) is 11.6 Å². The van der Waals surface area contributed by atoms with E-state index in [1.54, 1.807) is 0 Å². The minimum absolute atomic E-state index is 0.0816. The molecule has 3 N–H and O–H groups in total. The Balaban J connectivity index is 2.43. The maximum Gasteiger partial charge on any atom is 0.223 e. The first-order chi connectivity index (χ1) is 7.37. The monoisotopic (exact) mass is 264 g/mol. The molecule has 90 valence electrons. The summed E-state index contributed by atoms with van der Waals surface area (Å²) >= 11 is 5.67. The van der Waals surface area contributed by atoms with Crippen molar-refractivity contribution in [2.45, 2.75) is 6.42 Å². The van der Waals surface area contributed by atoms with E-state index in [4.69, 9.17) is 17.3 Å². The van der Waals surface area contributed by atoms with Crippen LogP contribution in [0.15, 0.2) is 6.07 Å². The molecule has 6 nitrogen and oxygen atoms in total.